The molecule has 0 aromatic carbocycles. The lowest BCUT2D eigenvalue weighted by molar-refractivity contribution is -0.0858. The number of likely N-dealkylation sites (N-methyl/N-ethyl adjacent to an activating group) is 1. The fourth-order valence-corrected chi connectivity index (χ4v) is 6.03. The molecule has 3 nitrogen and oxygen atoms in total. The van der Waals surface area contributed by atoms with Crippen LogP contribution < -0.4 is 0 Å². The normalized spacial score (nSPS) is 24.1. The summed E-state index contributed by atoms with van der Waals surface area (Å²) < 4.78 is 16.3. The first-order valence-corrected chi connectivity index (χ1v) is 11.6. The maximum Gasteiger partial charge on any atom is 0.118 e. The summed E-state index contributed by atoms with van der Waals surface area (Å²) in [7, 11) is 2.19. The highest BCUT2D eigenvalue weighted by molar-refractivity contribution is 5.03. The maximum absolute atomic E-state index is 16.3. The molecule has 2 fully saturated rings. The Bertz CT molecular complexity index is 496. The molecule has 0 aliphatic carbocycles. The zero-order valence-corrected chi connectivity index (χ0v) is 20.4. The van der Waals surface area contributed by atoms with Crippen molar-refractivity contribution in [3.8, 4) is 0 Å². The summed E-state index contributed by atoms with van der Waals surface area (Å²) in [5, 5.41) is 0. The summed E-state index contributed by atoms with van der Waals surface area (Å²) in [6.07, 6.45) is 3.42. The minimum absolute atomic E-state index is 0.0396. The van der Waals surface area contributed by atoms with Gasteiger partial charge in [-0.3, -0.25) is 9.80 Å². The Labute approximate surface area is 175 Å². The van der Waals surface area contributed by atoms with E-state index in [4.69, 9.17) is 0 Å². The summed E-state index contributed by atoms with van der Waals surface area (Å²) in [4.78, 5) is 7.51. The number of hydrogen-bond donors (Lipinski definition) is 0. The second kappa shape index (κ2) is 8.51. The van der Waals surface area contributed by atoms with E-state index in [2.05, 4.69) is 77.1 Å². The molecule has 0 saturated carbocycles. The summed E-state index contributed by atoms with van der Waals surface area (Å²) in [5.41, 5.74) is -1.17. The Morgan fingerprint density at radius 3 is 1.71 bits per heavy atom. The van der Waals surface area contributed by atoms with Crippen molar-refractivity contribution in [1.29, 1.82) is 0 Å². The van der Waals surface area contributed by atoms with Gasteiger partial charge < -0.3 is 4.90 Å². The van der Waals surface area contributed by atoms with Crippen molar-refractivity contribution in [2.45, 2.75) is 97.8 Å². The molecule has 0 unspecified atom stereocenters. The van der Waals surface area contributed by atoms with Crippen LogP contribution in [-0.2, 0) is 0 Å². The minimum atomic E-state index is -1.07. The van der Waals surface area contributed by atoms with Crippen LogP contribution in [0.5, 0.6) is 0 Å². The van der Waals surface area contributed by atoms with Crippen molar-refractivity contribution < 1.29 is 4.39 Å². The molecule has 28 heavy (non-hydrogen) atoms. The van der Waals surface area contributed by atoms with Gasteiger partial charge in [0.1, 0.15) is 5.67 Å². The van der Waals surface area contributed by atoms with Crippen molar-refractivity contribution in [2.75, 3.05) is 46.3 Å². The molecule has 4 heteroatoms. The molecule has 0 atom stereocenters. The van der Waals surface area contributed by atoms with E-state index < -0.39 is 5.67 Å². The average molecular weight is 398 g/mol. The number of hydrogen-bond acceptors (Lipinski definition) is 3. The summed E-state index contributed by atoms with van der Waals surface area (Å²) in [6.45, 7) is 24.4. The molecular formula is C24H48FN3. The number of rotatable bonds is 7. The van der Waals surface area contributed by atoms with Gasteiger partial charge in [-0.1, -0.05) is 27.7 Å². The molecule has 0 bridgehead atoms. The molecule has 0 aromatic rings. The summed E-state index contributed by atoms with van der Waals surface area (Å²) in [6, 6.07) is 0. The van der Waals surface area contributed by atoms with Crippen molar-refractivity contribution in [3.63, 3.8) is 0 Å². The van der Waals surface area contributed by atoms with Crippen molar-refractivity contribution in [3.05, 3.63) is 0 Å². The molecule has 2 saturated heterocycles. The van der Waals surface area contributed by atoms with Crippen molar-refractivity contribution in [2.24, 2.45) is 11.3 Å². The Hall–Kier alpha value is -0.190. The molecule has 2 heterocycles. The van der Waals surface area contributed by atoms with Crippen LogP contribution in [0.2, 0.25) is 0 Å². The largest absolute Gasteiger partial charge is 0.304 e. The van der Waals surface area contributed by atoms with Gasteiger partial charge in [-0.2, -0.15) is 0 Å². The summed E-state index contributed by atoms with van der Waals surface area (Å²) >= 11 is 0. The highest BCUT2D eigenvalue weighted by atomic mass is 19.1. The Morgan fingerprint density at radius 2 is 1.25 bits per heavy atom. The van der Waals surface area contributed by atoms with E-state index in [9.17, 15) is 0 Å². The number of alkyl halides is 1. The predicted molar refractivity (Wildman–Crippen MR) is 120 cm³/mol. The third-order valence-corrected chi connectivity index (χ3v) is 7.77. The third-order valence-electron chi connectivity index (χ3n) is 7.77. The van der Waals surface area contributed by atoms with Gasteiger partial charge in [-0.15, -0.1) is 0 Å². The molecule has 0 aromatic heterocycles. The zero-order valence-electron chi connectivity index (χ0n) is 20.4. The lowest BCUT2D eigenvalue weighted by atomic mass is 9.65. The van der Waals surface area contributed by atoms with Gasteiger partial charge in [0.2, 0.25) is 0 Å². The first-order valence-electron chi connectivity index (χ1n) is 11.6. The second-order valence-electron chi connectivity index (χ2n) is 12.0. The Kier molecular flexibility index (Phi) is 7.32. The molecule has 166 valence electrons. The van der Waals surface area contributed by atoms with E-state index in [-0.39, 0.29) is 16.5 Å². The van der Waals surface area contributed by atoms with Crippen LogP contribution in [0.3, 0.4) is 0 Å². The van der Waals surface area contributed by atoms with E-state index in [0.717, 1.165) is 45.7 Å². The lowest BCUT2D eigenvalue weighted by Crippen LogP contribution is -2.59. The van der Waals surface area contributed by atoms with Crippen LogP contribution in [-0.4, -0.2) is 77.8 Å². The number of nitrogens with zero attached hydrogens (tertiary/aromatic N) is 3. The standard InChI is InChI=1S/C24H48FN3/c1-20(2)18-22(5,6)27-12-10-24(25,11-13-27)21(3,4)19-23(7,8)28-16-14-26(9)15-17-28/h20H,10-19H2,1-9H3. The molecular weight excluding hydrogens is 349 g/mol. The number of piperidine rings is 1. The first kappa shape index (κ1) is 24.1. The number of halogens is 1. The van der Waals surface area contributed by atoms with E-state index in [0.29, 0.717) is 18.8 Å². The summed E-state index contributed by atoms with van der Waals surface area (Å²) in [5.74, 6) is 0.674. The van der Waals surface area contributed by atoms with Gasteiger partial charge in [0.15, 0.2) is 0 Å². The second-order valence-corrected chi connectivity index (χ2v) is 12.0. The molecule has 0 N–H and O–H groups in total. The highest BCUT2D eigenvalue weighted by Crippen LogP contribution is 2.49. The number of piperazine rings is 1. The predicted octanol–water partition coefficient (Wildman–Crippen LogP) is 5.06. The van der Waals surface area contributed by atoms with Crippen LogP contribution in [0.4, 0.5) is 4.39 Å². The van der Waals surface area contributed by atoms with Crippen LogP contribution in [0.25, 0.3) is 0 Å². The fourth-order valence-electron chi connectivity index (χ4n) is 6.03. The van der Waals surface area contributed by atoms with Crippen LogP contribution >= 0.6 is 0 Å². The smallest absolute Gasteiger partial charge is 0.118 e. The van der Waals surface area contributed by atoms with Crippen LogP contribution in [0.15, 0.2) is 0 Å². The molecule has 0 radical (unpaired) electrons. The molecule has 2 aliphatic heterocycles. The lowest BCUT2D eigenvalue weighted by Gasteiger charge is -2.53. The minimum Gasteiger partial charge on any atom is -0.304 e. The molecule has 0 spiro atoms. The quantitative estimate of drug-likeness (QED) is 0.595. The van der Waals surface area contributed by atoms with E-state index in [1.165, 1.54) is 6.42 Å². The van der Waals surface area contributed by atoms with Gasteiger partial charge in [-0.05, 0) is 66.3 Å². The fraction of sp³-hybridized carbons (Fsp3) is 1.00. The van der Waals surface area contributed by atoms with Crippen molar-refractivity contribution in [1.82, 2.24) is 14.7 Å². The Balaban J connectivity index is 2.01. The average Bonchev–Trinajstić information content (AvgIpc) is 2.53. The first-order chi connectivity index (χ1) is 12.7. The molecule has 2 rings (SSSR count). The van der Waals surface area contributed by atoms with Gasteiger partial charge in [0.25, 0.3) is 0 Å². The topological polar surface area (TPSA) is 9.72 Å². The van der Waals surface area contributed by atoms with E-state index in [1.807, 2.05) is 0 Å². The maximum atomic E-state index is 16.3. The Morgan fingerprint density at radius 1 is 0.786 bits per heavy atom. The zero-order chi connectivity index (χ0) is 21.4. The van der Waals surface area contributed by atoms with E-state index >= 15 is 4.39 Å². The van der Waals surface area contributed by atoms with Gasteiger partial charge in [0, 0.05) is 55.8 Å². The van der Waals surface area contributed by atoms with E-state index in [1.54, 1.807) is 0 Å². The highest BCUT2D eigenvalue weighted by Gasteiger charge is 2.51. The SMILES string of the molecule is CC(C)CC(C)(C)N1CCC(F)(C(C)(C)CC(C)(C)N2CCN(C)CC2)CC1. The van der Waals surface area contributed by atoms with Gasteiger partial charge >= 0.3 is 0 Å². The van der Waals surface area contributed by atoms with Gasteiger partial charge in [0.05, 0.1) is 0 Å². The van der Waals surface area contributed by atoms with Crippen LogP contribution in [0.1, 0.15) is 81.1 Å². The number of likely N-dealkylation sites (tertiary alicyclic amines) is 1. The monoisotopic (exact) mass is 397 g/mol. The van der Waals surface area contributed by atoms with Crippen LogP contribution in [0, 0.1) is 11.3 Å². The molecule has 2 aliphatic rings. The third kappa shape index (κ3) is 5.49. The molecule has 0 amide bonds. The van der Waals surface area contributed by atoms with Crippen molar-refractivity contribution >= 4 is 0 Å². The van der Waals surface area contributed by atoms with Gasteiger partial charge in [-0.25, -0.2) is 4.39 Å².